The van der Waals surface area contributed by atoms with E-state index in [1.165, 1.54) is 22.3 Å². The van der Waals surface area contributed by atoms with Crippen molar-refractivity contribution in [1.82, 2.24) is 0 Å². The van der Waals surface area contributed by atoms with Crippen molar-refractivity contribution >= 4 is 0 Å². The average Bonchev–Trinajstić information content (AvgIpc) is 2.79. The molecule has 3 aromatic carbocycles. The van der Waals surface area contributed by atoms with Crippen LogP contribution in [0.25, 0.3) is 0 Å². The van der Waals surface area contributed by atoms with E-state index in [1.807, 2.05) is 18.2 Å². The van der Waals surface area contributed by atoms with E-state index < -0.39 is 0 Å². The second-order valence-corrected chi connectivity index (χ2v) is 7.74. The molecule has 0 radical (unpaired) electrons. The van der Waals surface area contributed by atoms with Crippen LogP contribution in [-0.4, -0.2) is 31.5 Å². The molecule has 1 aliphatic carbocycles. The molecule has 0 fully saturated rings. The van der Waals surface area contributed by atoms with E-state index in [2.05, 4.69) is 48.5 Å². The molecule has 3 aromatic rings. The lowest BCUT2D eigenvalue weighted by Crippen LogP contribution is -2.20. The van der Waals surface area contributed by atoms with Gasteiger partial charge in [0.1, 0.15) is 18.1 Å². The van der Waals surface area contributed by atoms with Crippen LogP contribution in [0.4, 0.5) is 0 Å². The van der Waals surface area contributed by atoms with Crippen molar-refractivity contribution in [3.63, 3.8) is 0 Å². The molecule has 2 atom stereocenters. The Bertz CT molecular complexity index is 940. The first-order valence-corrected chi connectivity index (χ1v) is 10.6. The molecule has 0 spiro atoms. The predicted octanol–water partition coefficient (Wildman–Crippen LogP) is 4.61. The molecule has 1 aliphatic rings. The number of aromatic hydroxyl groups is 1. The first-order chi connectivity index (χ1) is 14.8. The minimum absolute atomic E-state index is 0.249. The summed E-state index contributed by atoms with van der Waals surface area (Å²) in [6, 6.07) is 25.0. The second kappa shape index (κ2) is 9.79. The lowest BCUT2D eigenvalue weighted by Gasteiger charge is -2.34. The van der Waals surface area contributed by atoms with Gasteiger partial charge in [-0.15, -0.1) is 0 Å². The SMILES string of the molecule is NCCOCCOc1ccc([C@@H]2c3ccc(O)cc3CC[C@@H]2c2ccccc2)cc1. The molecule has 156 valence electrons. The predicted molar refractivity (Wildman–Crippen MR) is 119 cm³/mol. The Hall–Kier alpha value is -2.82. The Balaban J connectivity index is 1.58. The maximum absolute atomic E-state index is 9.97. The number of fused-ring (bicyclic) bond motifs is 1. The molecule has 0 heterocycles. The number of ether oxygens (including phenoxy) is 2. The van der Waals surface area contributed by atoms with Gasteiger partial charge in [-0.05, 0) is 65.3 Å². The molecule has 4 heteroatoms. The van der Waals surface area contributed by atoms with E-state index in [0.717, 1.165) is 18.6 Å². The highest BCUT2D eigenvalue weighted by molar-refractivity contribution is 5.48. The van der Waals surface area contributed by atoms with Gasteiger partial charge in [-0.3, -0.25) is 0 Å². The summed E-state index contributed by atoms with van der Waals surface area (Å²) in [4.78, 5) is 0. The Morgan fingerprint density at radius 3 is 2.43 bits per heavy atom. The van der Waals surface area contributed by atoms with Gasteiger partial charge in [0.2, 0.25) is 0 Å². The molecule has 30 heavy (non-hydrogen) atoms. The highest BCUT2D eigenvalue weighted by Crippen LogP contribution is 2.47. The normalized spacial score (nSPS) is 18.0. The van der Waals surface area contributed by atoms with Crippen molar-refractivity contribution in [3.8, 4) is 11.5 Å². The van der Waals surface area contributed by atoms with E-state index in [9.17, 15) is 5.11 Å². The Morgan fingerprint density at radius 2 is 1.67 bits per heavy atom. The number of benzene rings is 3. The lowest BCUT2D eigenvalue weighted by atomic mass is 9.69. The Morgan fingerprint density at radius 1 is 0.867 bits per heavy atom. The van der Waals surface area contributed by atoms with Gasteiger partial charge in [0, 0.05) is 12.5 Å². The molecule has 0 amide bonds. The van der Waals surface area contributed by atoms with Gasteiger partial charge in [0.15, 0.2) is 0 Å². The summed E-state index contributed by atoms with van der Waals surface area (Å²) < 4.78 is 11.2. The van der Waals surface area contributed by atoms with Crippen LogP contribution in [0.5, 0.6) is 11.5 Å². The van der Waals surface area contributed by atoms with Crippen LogP contribution in [-0.2, 0) is 11.2 Å². The Labute approximate surface area is 178 Å². The topological polar surface area (TPSA) is 64.7 Å². The van der Waals surface area contributed by atoms with Crippen molar-refractivity contribution in [1.29, 1.82) is 0 Å². The minimum Gasteiger partial charge on any atom is -0.508 e. The van der Waals surface area contributed by atoms with Gasteiger partial charge in [-0.1, -0.05) is 48.5 Å². The van der Waals surface area contributed by atoms with E-state index in [1.54, 1.807) is 6.07 Å². The summed E-state index contributed by atoms with van der Waals surface area (Å²) in [5, 5.41) is 9.97. The first kappa shape index (κ1) is 20.5. The molecule has 4 nitrogen and oxygen atoms in total. The fraction of sp³-hybridized carbons (Fsp3) is 0.308. The summed E-state index contributed by atoms with van der Waals surface area (Å²) >= 11 is 0. The van der Waals surface area contributed by atoms with E-state index in [4.69, 9.17) is 15.2 Å². The number of hydrogen-bond acceptors (Lipinski definition) is 4. The van der Waals surface area contributed by atoms with Crippen LogP contribution >= 0.6 is 0 Å². The highest BCUT2D eigenvalue weighted by atomic mass is 16.5. The van der Waals surface area contributed by atoms with Gasteiger partial charge in [-0.25, -0.2) is 0 Å². The zero-order valence-corrected chi connectivity index (χ0v) is 17.2. The van der Waals surface area contributed by atoms with Crippen LogP contribution < -0.4 is 10.5 Å². The van der Waals surface area contributed by atoms with Gasteiger partial charge >= 0.3 is 0 Å². The van der Waals surface area contributed by atoms with E-state index in [0.29, 0.717) is 38.0 Å². The maximum atomic E-state index is 9.97. The van der Waals surface area contributed by atoms with Crippen LogP contribution in [0, 0.1) is 0 Å². The average molecular weight is 404 g/mol. The van der Waals surface area contributed by atoms with E-state index >= 15 is 0 Å². The van der Waals surface area contributed by atoms with E-state index in [-0.39, 0.29) is 5.92 Å². The van der Waals surface area contributed by atoms with Crippen molar-refractivity contribution in [2.75, 3.05) is 26.4 Å². The fourth-order valence-electron chi connectivity index (χ4n) is 4.45. The zero-order valence-electron chi connectivity index (χ0n) is 17.2. The third kappa shape index (κ3) is 4.66. The molecular weight excluding hydrogens is 374 g/mol. The number of hydrogen-bond donors (Lipinski definition) is 2. The number of rotatable bonds is 8. The number of nitrogens with two attached hydrogens (primary N) is 1. The molecule has 0 aromatic heterocycles. The van der Waals surface area contributed by atoms with Crippen molar-refractivity contribution in [3.05, 3.63) is 95.1 Å². The molecular formula is C26H29NO3. The van der Waals surface area contributed by atoms with Crippen LogP contribution in [0.3, 0.4) is 0 Å². The molecule has 0 saturated carbocycles. The maximum Gasteiger partial charge on any atom is 0.119 e. The fourth-order valence-corrected chi connectivity index (χ4v) is 4.45. The highest BCUT2D eigenvalue weighted by Gasteiger charge is 2.32. The second-order valence-electron chi connectivity index (χ2n) is 7.74. The molecule has 0 saturated heterocycles. The number of phenols is 1. The first-order valence-electron chi connectivity index (χ1n) is 10.6. The third-order valence-corrected chi connectivity index (χ3v) is 5.81. The van der Waals surface area contributed by atoms with Crippen LogP contribution in [0.15, 0.2) is 72.8 Å². The summed E-state index contributed by atoms with van der Waals surface area (Å²) in [7, 11) is 0. The zero-order chi connectivity index (χ0) is 20.8. The molecule has 0 aliphatic heterocycles. The quantitative estimate of drug-likeness (QED) is 0.539. The van der Waals surface area contributed by atoms with Gasteiger partial charge in [0.05, 0.1) is 13.2 Å². The monoisotopic (exact) mass is 403 g/mol. The van der Waals surface area contributed by atoms with Gasteiger partial charge in [-0.2, -0.15) is 0 Å². The summed E-state index contributed by atoms with van der Waals surface area (Å²) in [6.45, 7) is 2.13. The smallest absolute Gasteiger partial charge is 0.119 e. The van der Waals surface area contributed by atoms with Crippen molar-refractivity contribution in [2.45, 2.75) is 24.7 Å². The minimum atomic E-state index is 0.249. The summed E-state index contributed by atoms with van der Waals surface area (Å²) in [5.74, 6) is 1.83. The number of phenolic OH excluding ortho intramolecular Hbond substituents is 1. The lowest BCUT2D eigenvalue weighted by molar-refractivity contribution is 0.106. The largest absolute Gasteiger partial charge is 0.508 e. The molecule has 3 N–H and O–H groups in total. The van der Waals surface area contributed by atoms with Crippen molar-refractivity contribution < 1.29 is 14.6 Å². The third-order valence-electron chi connectivity index (χ3n) is 5.81. The van der Waals surface area contributed by atoms with Crippen LogP contribution in [0.1, 0.15) is 40.5 Å². The number of aryl methyl sites for hydroxylation is 1. The molecule has 0 unspecified atom stereocenters. The van der Waals surface area contributed by atoms with Crippen LogP contribution in [0.2, 0.25) is 0 Å². The summed E-state index contributed by atoms with van der Waals surface area (Å²) in [5.41, 5.74) is 10.6. The summed E-state index contributed by atoms with van der Waals surface area (Å²) in [6.07, 6.45) is 2.03. The van der Waals surface area contributed by atoms with Gasteiger partial charge in [0.25, 0.3) is 0 Å². The molecule has 0 bridgehead atoms. The molecule has 4 rings (SSSR count). The Kier molecular flexibility index (Phi) is 6.67. The standard InChI is InChI=1S/C26H29NO3/c27-14-15-29-16-17-30-23-10-6-20(7-11-23)26-24(19-4-2-1-3-5-19)12-8-21-18-22(28)9-13-25(21)26/h1-7,9-11,13,18,24,26,28H,8,12,14-17,27H2/t24-,26+/m1/s1. The van der Waals surface area contributed by atoms with Gasteiger partial charge < -0.3 is 20.3 Å². The van der Waals surface area contributed by atoms with Crippen molar-refractivity contribution in [2.24, 2.45) is 5.73 Å².